The number of hydrogen-bond acceptors (Lipinski definition) is 3. The second-order valence-corrected chi connectivity index (χ2v) is 9.94. The number of carbonyl (C=O) groups is 1. The summed E-state index contributed by atoms with van der Waals surface area (Å²) in [7, 11) is 1.66. The molecule has 2 aromatic carbocycles. The third kappa shape index (κ3) is 6.00. The van der Waals surface area contributed by atoms with Gasteiger partial charge in [0.25, 0.3) is 0 Å². The highest BCUT2D eigenvalue weighted by atomic mass is 16.5. The number of allylic oxidation sites excluding steroid dienone is 2. The number of hydrogen-bond donors (Lipinski definition) is 2. The molecule has 0 saturated heterocycles. The Balaban J connectivity index is 2.75. The van der Waals surface area contributed by atoms with Gasteiger partial charge in [0.2, 0.25) is 0 Å². The van der Waals surface area contributed by atoms with Crippen LogP contribution < -0.4 is 4.74 Å². The predicted molar refractivity (Wildman–Crippen MR) is 128 cm³/mol. The van der Waals surface area contributed by atoms with Gasteiger partial charge >= 0.3 is 5.97 Å². The first kappa shape index (κ1) is 24.3. The monoisotopic (exact) mass is 422 g/mol. The predicted octanol–water partition coefficient (Wildman–Crippen LogP) is 6.71. The normalized spacial score (nSPS) is 13.0. The lowest BCUT2D eigenvalue weighted by atomic mass is 9.78. The molecule has 0 aliphatic heterocycles. The summed E-state index contributed by atoms with van der Waals surface area (Å²) in [5, 5.41) is 19.6. The van der Waals surface area contributed by atoms with E-state index in [4.69, 9.17) is 9.84 Å². The number of benzene rings is 2. The molecular formula is C27H34O4. The van der Waals surface area contributed by atoms with Crippen LogP contribution in [0.15, 0.2) is 48.1 Å². The average molecular weight is 423 g/mol. The lowest BCUT2D eigenvalue weighted by molar-refractivity contribution is -0.131. The van der Waals surface area contributed by atoms with E-state index >= 15 is 0 Å². The Bertz CT molecular complexity index is 1030. The molecule has 0 amide bonds. The van der Waals surface area contributed by atoms with Crippen LogP contribution in [0.1, 0.15) is 65.2 Å². The van der Waals surface area contributed by atoms with Crippen LogP contribution in [0.5, 0.6) is 11.5 Å². The SMILES string of the molecule is COc1c(-c2cc(/C=C/C(C)=C/C(=O)O)ccc2O)cc(C(C)(C)C)cc1C(C)(C)C. The summed E-state index contributed by atoms with van der Waals surface area (Å²) in [6.07, 6.45) is 4.74. The minimum atomic E-state index is -0.980. The van der Waals surface area contributed by atoms with Crippen LogP contribution >= 0.6 is 0 Å². The van der Waals surface area contributed by atoms with Crippen molar-refractivity contribution < 1.29 is 19.7 Å². The zero-order chi connectivity index (χ0) is 23.6. The topological polar surface area (TPSA) is 66.8 Å². The van der Waals surface area contributed by atoms with Crippen LogP contribution in [0.25, 0.3) is 17.2 Å². The van der Waals surface area contributed by atoms with Gasteiger partial charge in [0.1, 0.15) is 11.5 Å². The molecule has 31 heavy (non-hydrogen) atoms. The average Bonchev–Trinajstić information content (AvgIpc) is 2.64. The fraction of sp³-hybridized carbons (Fsp3) is 0.370. The van der Waals surface area contributed by atoms with Crippen LogP contribution in [0.2, 0.25) is 0 Å². The minimum absolute atomic E-state index is 0.0765. The van der Waals surface area contributed by atoms with Gasteiger partial charge in [-0.3, -0.25) is 0 Å². The molecule has 0 bridgehead atoms. The standard InChI is InChI=1S/C27H34O4/c1-17(13-24(29)30)9-10-18-11-12-23(28)20(14-18)21-15-19(26(2,3)4)16-22(25(21)31-8)27(5,6)7/h9-16,28H,1-8H3,(H,29,30)/b10-9+,17-13+. The van der Waals surface area contributed by atoms with Crippen molar-refractivity contribution in [3.8, 4) is 22.6 Å². The summed E-state index contributed by atoms with van der Waals surface area (Å²) in [6, 6.07) is 9.64. The second-order valence-electron chi connectivity index (χ2n) is 9.94. The second kappa shape index (κ2) is 9.01. The number of rotatable bonds is 5. The van der Waals surface area contributed by atoms with Crippen molar-refractivity contribution >= 4 is 12.0 Å². The van der Waals surface area contributed by atoms with Crippen molar-refractivity contribution in [1.82, 2.24) is 0 Å². The number of carboxylic acids is 1. The molecule has 0 unspecified atom stereocenters. The third-order valence-electron chi connectivity index (χ3n) is 5.17. The van der Waals surface area contributed by atoms with Gasteiger partial charge in [0, 0.05) is 22.8 Å². The number of carboxylic acid groups (broad SMARTS) is 1. The number of phenolic OH excluding ortho intramolecular Hbond substituents is 1. The maximum absolute atomic E-state index is 10.8. The van der Waals surface area contributed by atoms with Crippen LogP contribution in [0.3, 0.4) is 0 Å². The zero-order valence-corrected chi connectivity index (χ0v) is 19.8. The Hall–Kier alpha value is -3.01. The molecule has 0 spiro atoms. The van der Waals surface area contributed by atoms with Crippen molar-refractivity contribution in [3.05, 3.63) is 64.7 Å². The first-order chi connectivity index (χ1) is 14.2. The van der Waals surface area contributed by atoms with E-state index in [1.165, 1.54) is 0 Å². The molecule has 0 aromatic heterocycles. The van der Waals surface area contributed by atoms with Crippen LogP contribution in [0, 0.1) is 0 Å². The summed E-state index contributed by atoms with van der Waals surface area (Å²) in [5.74, 6) is -0.0648. The van der Waals surface area contributed by atoms with E-state index in [2.05, 4.69) is 53.7 Å². The van der Waals surface area contributed by atoms with Crippen molar-refractivity contribution in [1.29, 1.82) is 0 Å². The molecule has 0 heterocycles. The lowest BCUT2D eigenvalue weighted by Crippen LogP contribution is -2.18. The first-order valence-electron chi connectivity index (χ1n) is 10.4. The Morgan fingerprint density at radius 2 is 1.61 bits per heavy atom. The molecule has 2 aromatic rings. The summed E-state index contributed by atoms with van der Waals surface area (Å²) >= 11 is 0. The molecule has 0 radical (unpaired) electrons. The van der Waals surface area contributed by atoms with Crippen LogP contribution in [0.4, 0.5) is 0 Å². The fourth-order valence-corrected chi connectivity index (χ4v) is 3.38. The van der Waals surface area contributed by atoms with E-state index in [1.807, 2.05) is 12.1 Å². The lowest BCUT2D eigenvalue weighted by Gasteiger charge is -2.29. The molecule has 0 aliphatic carbocycles. The molecular weight excluding hydrogens is 388 g/mol. The van der Waals surface area contributed by atoms with E-state index in [-0.39, 0.29) is 16.6 Å². The number of phenols is 1. The highest BCUT2D eigenvalue weighted by molar-refractivity contribution is 5.82. The van der Waals surface area contributed by atoms with Gasteiger partial charge in [-0.25, -0.2) is 4.79 Å². The summed E-state index contributed by atoms with van der Waals surface area (Å²) in [4.78, 5) is 10.8. The molecule has 0 aliphatic rings. The molecule has 166 valence electrons. The summed E-state index contributed by atoms with van der Waals surface area (Å²) in [5.41, 5.74) is 5.02. The minimum Gasteiger partial charge on any atom is -0.507 e. The van der Waals surface area contributed by atoms with Gasteiger partial charge < -0.3 is 14.9 Å². The summed E-state index contributed by atoms with van der Waals surface area (Å²) in [6.45, 7) is 14.7. The largest absolute Gasteiger partial charge is 0.507 e. The highest BCUT2D eigenvalue weighted by Gasteiger charge is 2.27. The number of aromatic hydroxyl groups is 1. The van der Waals surface area contributed by atoms with Crippen molar-refractivity contribution in [2.45, 2.75) is 59.3 Å². The zero-order valence-electron chi connectivity index (χ0n) is 19.8. The van der Waals surface area contributed by atoms with Gasteiger partial charge in [0.05, 0.1) is 7.11 Å². The molecule has 4 nitrogen and oxygen atoms in total. The Morgan fingerprint density at radius 1 is 0.968 bits per heavy atom. The quantitative estimate of drug-likeness (QED) is 0.415. The Morgan fingerprint density at radius 3 is 2.13 bits per heavy atom. The summed E-state index contributed by atoms with van der Waals surface area (Å²) < 4.78 is 5.86. The fourth-order valence-electron chi connectivity index (χ4n) is 3.38. The van der Waals surface area contributed by atoms with Crippen molar-refractivity contribution in [2.24, 2.45) is 0 Å². The molecule has 2 rings (SSSR count). The van der Waals surface area contributed by atoms with E-state index in [0.29, 0.717) is 11.1 Å². The van der Waals surface area contributed by atoms with Crippen LogP contribution in [-0.4, -0.2) is 23.3 Å². The molecule has 0 atom stereocenters. The van der Waals surface area contributed by atoms with Gasteiger partial charge in [0.15, 0.2) is 0 Å². The molecule has 2 N–H and O–H groups in total. The van der Waals surface area contributed by atoms with Crippen molar-refractivity contribution in [2.75, 3.05) is 7.11 Å². The molecule has 4 heteroatoms. The maximum atomic E-state index is 10.8. The first-order valence-corrected chi connectivity index (χ1v) is 10.4. The van der Waals surface area contributed by atoms with E-state index in [1.54, 1.807) is 32.2 Å². The molecule has 0 fully saturated rings. The van der Waals surface area contributed by atoms with E-state index in [0.717, 1.165) is 34.1 Å². The number of aliphatic carboxylic acids is 1. The Labute approximate surface area is 185 Å². The Kier molecular flexibility index (Phi) is 7.05. The third-order valence-corrected chi connectivity index (χ3v) is 5.17. The smallest absolute Gasteiger partial charge is 0.328 e. The highest BCUT2D eigenvalue weighted by Crippen LogP contribution is 2.45. The van der Waals surface area contributed by atoms with E-state index in [9.17, 15) is 9.90 Å². The van der Waals surface area contributed by atoms with Crippen molar-refractivity contribution in [3.63, 3.8) is 0 Å². The maximum Gasteiger partial charge on any atom is 0.328 e. The van der Waals surface area contributed by atoms with Gasteiger partial charge in [-0.15, -0.1) is 0 Å². The molecule has 0 saturated carbocycles. The van der Waals surface area contributed by atoms with E-state index < -0.39 is 5.97 Å². The van der Waals surface area contributed by atoms with Gasteiger partial charge in [-0.2, -0.15) is 0 Å². The van der Waals surface area contributed by atoms with Crippen LogP contribution in [-0.2, 0) is 15.6 Å². The van der Waals surface area contributed by atoms with Gasteiger partial charge in [-0.1, -0.05) is 65.8 Å². The number of ether oxygens (including phenoxy) is 1. The van der Waals surface area contributed by atoms with Gasteiger partial charge in [-0.05, 0) is 52.7 Å². The number of methoxy groups -OCH3 is 1.